The number of nitriles is 1. The normalized spacial score (nSPS) is 12.6. The van der Waals surface area contributed by atoms with E-state index in [2.05, 4.69) is 4.98 Å². The molecule has 0 saturated heterocycles. The topological polar surface area (TPSA) is 112 Å². The number of nitrogens with zero attached hydrogens (tertiary/aromatic N) is 3. The fourth-order valence-electron chi connectivity index (χ4n) is 1.17. The van der Waals surface area contributed by atoms with Gasteiger partial charge in [-0.05, 0) is 6.07 Å². The van der Waals surface area contributed by atoms with Gasteiger partial charge in [-0.3, -0.25) is 10.1 Å². The summed E-state index contributed by atoms with van der Waals surface area (Å²) in [5.74, 6) is -0.507. The lowest BCUT2D eigenvalue weighted by atomic mass is 10.2. The molecule has 1 rings (SSSR count). The van der Waals surface area contributed by atoms with Crippen LogP contribution in [0.15, 0.2) is 12.3 Å². The zero-order valence-electron chi connectivity index (χ0n) is 9.18. The van der Waals surface area contributed by atoms with Crippen molar-refractivity contribution >= 4 is 11.5 Å². The fourth-order valence-corrected chi connectivity index (χ4v) is 1.17. The fraction of sp³-hybridized carbons (Fsp3) is 0.333. The highest BCUT2D eigenvalue weighted by Crippen LogP contribution is 2.26. The molecule has 10 heteroatoms. The van der Waals surface area contributed by atoms with Gasteiger partial charge in [0.2, 0.25) is 5.82 Å². The molecule has 0 radical (unpaired) electrons. The highest BCUT2D eigenvalue weighted by molar-refractivity contribution is 5.64. The van der Waals surface area contributed by atoms with Crippen molar-refractivity contribution in [1.29, 1.82) is 5.26 Å². The van der Waals surface area contributed by atoms with E-state index in [9.17, 15) is 23.3 Å². The number of rotatable bonds is 4. The summed E-state index contributed by atoms with van der Waals surface area (Å²) in [6.07, 6.45) is -6.51. The van der Waals surface area contributed by atoms with E-state index in [4.69, 9.17) is 10.4 Å². The number of nitro groups is 1. The molecule has 0 aliphatic heterocycles. The number of pyridine rings is 1. The summed E-state index contributed by atoms with van der Waals surface area (Å²) in [5.41, 5.74) is -1.08. The maximum atomic E-state index is 12.1. The highest BCUT2D eigenvalue weighted by Gasteiger charge is 2.38. The summed E-state index contributed by atoms with van der Waals surface area (Å²) in [6, 6.07) is 2.59. The molecule has 0 fully saturated rings. The molecular formula is C9H7F3N4O3. The van der Waals surface area contributed by atoms with Crippen LogP contribution in [-0.4, -0.2) is 33.8 Å². The molecule has 19 heavy (non-hydrogen) atoms. The lowest BCUT2D eigenvalue weighted by Crippen LogP contribution is -2.35. The number of alkyl halides is 3. The van der Waals surface area contributed by atoms with Crippen LogP contribution in [0.2, 0.25) is 0 Å². The average molecular weight is 276 g/mol. The van der Waals surface area contributed by atoms with Crippen LogP contribution in [0.5, 0.6) is 0 Å². The van der Waals surface area contributed by atoms with Crippen molar-refractivity contribution < 1.29 is 23.2 Å². The maximum absolute atomic E-state index is 12.1. The van der Waals surface area contributed by atoms with Crippen LogP contribution < -0.4 is 5.32 Å². The highest BCUT2D eigenvalue weighted by atomic mass is 19.4. The molecule has 0 aliphatic rings. The Balaban J connectivity index is 2.97. The van der Waals surface area contributed by atoms with Crippen LogP contribution in [-0.2, 0) is 0 Å². The van der Waals surface area contributed by atoms with Crippen molar-refractivity contribution in [2.45, 2.75) is 12.3 Å². The smallest absolute Gasteiger partial charge is 0.382 e. The molecule has 7 nitrogen and oxygen atoms in total. The van der Waals surface area contributed by atoms with Crippen molar-refractivity contribution in [3.63, 3.8) is 0 Å². The summed E-state index contributed by atoms with van der Waals surface area (Å²) < 4.78 is 36.2. The Morgan fingerprint density at radius 1 is 1.63 bits per heavy atom. The predicted octanol–water partition coefficient (Wildman–Crippen LogP) is 1.20. The van der Waals surface area contributed by atoms with E-state index in [1.54, 1.807) is 0 Å². The molecule has 1 atom stereocenters. The largest absolute Gasteiger partial charge is 0.416 e. The van der Waals surface area contributed by atoms with Gasteiger partial charge in [-0.2, -0.15) is 18.4 Å². The third kappa shape index (κ3) is 3.52. The first-order chi connectivity index (χ1) is 8.77. The number of aliphatic hydroxyl groups is 1. The van der Waals surface area contributed by atoms with Gasteiger partial charge in [-0.15, -0.1) is 0 Å². The van der Waals surface area contributed by atoms with Crippen LogP contribution in [0, 0.1) is 21.4 Å². The molecule has 2 N–H and O–H groups in total. The number of hydrogen-bond donors (Lipinski definition) is 2. The minimum Gasteiger partial charge on any atom is -0.382 e. The van der Waals surface area contributed by atoms with E-state index in [1.165, 1.54) is 6.07 Å². The Morgan fingerprint density at radius 3 is 2.74 bits per heavy atom. The van der Waals surface area contributed by atoms with Crippen LogP contribution in [0.1, 0.15) is 5.56 Å². The molecule has 0 amide bonds. The van der Waals surface area contributed by atoms with Crippen LogP contribution >= 0.6 is 0 Å². The molecule has 0 saturated carbocycles. The van der Waals surface area contributed by atoms with Crippen LogP contribution in [0.25, 0.3) is 0 Å². The average Bonchev–Trinajstić information content (AvgIpc) is 2.33. The zero-order chi connectivity index (χ0) is 14.6. The summed E-state index contributed by atoms with van der Waals surface area (Å²) in [6.45, 7) is -1.01. The van der Waals surface area contributed by atoms with Crippen molar-refractivity contribution in [1.82, 2.24) is 4.98 Å². The van der Waals surface area contributed by atoms with E-state index in [0.29, 0.717) is 0 Å². The standard InChI is InChI=1S/C9H7F3N4O3/c10-9(11,12)6(17)4-15-8-7(16(18)19)5(3-13)1-2-14-8/h1-2,6,17H,4H2,(H,14,15). The zero-order valence-corrected chi connectivity index (χ0v) is 9.18. The molecule has 1 aromatic rings. The Morgan fingerprint density at radius 2 is 2.26 bits per heavy atom. The lowest BCUT2D eigenvalue weighted by molar-refractivity contribution is -0.384. The minimum atomic E-state index is -4.85. The van der Waals surface area contributed by atoms with Crippen LogP contribution in [0.4, 0.5) is 24.7 Å². The molecular weight excluding hydrogens is 269 g/mol. The predicted molar refractivity (Wildman–Crippen MR) is 56.2 cm³/mol. The second-order valence-electron chi connectivity index (χ2n) is 3.36. The molecule has 1 unspecified atom stereocenters. The quantitative estimate of drug-likeness (QED) is 0.631. The van der Waals surface area contributed by atoms with Gasteiger partial charge < -0.3 is 10.4 Å². The number of aliphatic hydroxyl groups excluding tert-OH is 1. The van der Waals surface area contributed by atoms with Gasteiger partial charge in [0.05, 0.1) is 11.5 Å². The molecule has 1 heterocycles. The summed E-state index contributed by atoms with van der Waals surface area (Å²) in [4.78, 5) is 13.3. The first-order valence-corrected chi connectivity index (χ1v) is 4.79. The first-order valence-electron chi connectivity index (χ1n) is 4.79. The van der Waals surface area contributed by atoms with E-state index in [0.717, 1.165) is 12.3 Å². The van der Waals surface area contributed by atoms with Crippen molar-refractivity contribution in [2.75, 3.05) is 11.9 Å². The Hall–Kier alpha value is -2.41. The monoisotopic (exact) mass is 276 g/mol. The summed E-state index contributed by atoms with van der Waals surface area (Å²) >= 11 is 0. The number of hydrogen-bond acceptors (Lipinski definition) is 6. The second-order valence-corrected chi connectivity index (χ2v) is 3.36. The van der Waals surface area contributed by atoms with E-state index in [1.807, 2.05) is 5.32 Å². The second kappa shape index (κ2) is 5.49. The summed E-state index contributed by atoms with van der Waals surface area (Å²) in [5, 5.41) is 30.1. The van der Waals surface area contributed by atoms with E-state index >= 15 is 0 Å². The third-order valence-corrected chi connectivity index (χ3v) is 2.07. The SMILES string of the molecule is N#Cc1ccnc(NCC(O)C(F)(F)F)c1[N+](=O)[O-]. The van der Waals surface area contributed by atoms with Gasteiger partial charge >= 0.3 is 11.9 Å². The van der Waals surface area contributed by atoms with Gasteiger partial charge in [-0.25, -0.2) is 4.98 Å². The van der Waals surface area contributed by atoms with Gasteiger partial charge in [-0.1, -0.05) is 0 Å². The Bertz CT molecular complexity index is 526. The Labute approximate surface area is 104 Å². The third-order valence-electron chi connectivity index (χ3n) is 2.07. The molecule has 0 aliphatic carbocycles. The van der Waals surface area contributed by atoms with Gasteiger partial charge in [0.15, 0.2) is 6.10 Å². The minimum absolute atomic E-state index is 0.344. The lowest BCUT2D eigenvalue weighted by Gasteiger charge is -2.15. The molecule has 102 valence electrons. The van der Waals surface area contributed by atoms with E-state index < -0.39 is 35.3 Å². The number of aromatic nitrogens is 1. The van der Waals surface area contributed by atoms with Crippen molar-refractivity contribution in [3.05, 3.63) is 27.9 Å². The molecule has 0 aromatic carbocycles. The van der Waals surface area contributed by atoms with Crippen molar-refractivity contribution in [3.8, 4) is 6.07 Å². The maximum Gasteiger partial charge on any atom is 0.416 e. The van der Waals surface area contributed by atoms with Gasteiger partial charge in [0.25, 0.3) is 0 Å². The molecule has 0 bridgehead atoms. The number of anilines is 1. The van der Waals surface area contributed by atoms with Gasteiger partial charge in [0, 0.05) is 6.20 Å². The Kier molecular flexibility index (Phi) is 4.23. The number of nitrogens with one attached hydrogen (secondary N) is 1. The molecule has 1 aromatic heterocycles. The first kappa shape index (κ1) is 14.7. The van der Waals surface area contributed by atoms with Crippen LogP contribution in [0.3, 0.4) is 0 Å². The molecule has 0 spiro atoms. The van der Waals surface area contributed by atoms with Gasteiger partial charge in [0.1, 0.15) is 11.6 Å². The van der Waals surface area contributed by atoms with E-state index in [-0.39, 0.29) is 5.56 Å². The number of halogens is 3. The summed E-state index contributed by atoms with van der Waals surface area (Å²) in [7, 11) is 0. The van der Waals surface area contributed by atoms with Crippen molar-refractivity contribution in [2.24, 2.45) is 0 Å².